The molecule has 0 atom stereocenters. The van der Waals surface area contributed by atoms with E-state index in [1.165, 1.54) is 11.3 Å². The largest absolute Gasteiger partial charge is 0.462 e. The van der Waals surface area contributed by atoms with Crippen molar-refractivity contribution < 1.29 is 23.9 Å². The first-order valence-electron chi connectivity index (χ1n) is 10.0. The summed E-state index contributed by atoms with van der Waals surface area (Å²) in [5, 5.41) is 3.49. The van der Waals surface area contributed by atoms with Gasteiger partial charge in [0.2, 0.25) is 5.91 Å². The third-order valence-corrected chi connectivity index (χ3v) is 5.53. The van der Waals surface area contributed by atoms with Gasteiger partial charge in [-0.3, -0.25) is 9.69 Å². The lowest BCUT2D eigenvalue weighted by molar-refractivity contribution is -0.117. The second-order valence-electron chi connectivity index (χ2n) is 7.48. The molecule has 0 aliphatic carbocycles. The van der Waals surface area contributed by atoms with Crippen LogP contribution in [0.25, 0.3) is 0 Å². The summed E-state index contributed by atoms with van der Waals surface area (Å²) in [6, 6.07) is 1.78. The van der Waals surface area contributed by atoms with E-state index < -0.39 is 0 Å². The van der Waals surface area contributed by atoms with Crippen molar-refractivity contribution in [3.8, 4) is 0 Å². The van der Waals surface area contributed by atoms with Crippen molar-refractivity contribution in [3.05, 3.63) is 16.5 Å². The van der Waals surface area contributed by atoms with Crippen LogP contribution >= 0.6 is 11.3 Å². The molecule has 0 saturated carbocycles. The molecule has 2 rings (SSSR count). The van der Waals surface area contributed by atoms with E-state index in [2.05, 4.69) is 5.32 Å². The lowest BCUT2D eigenvalue weighted by Gasteiger charge is -2.21. The number of rotatable bonds is 7. The smallest absolute Gasteiger partial charge is 0.409 e. The summed E-state index contributed by atoms with van der Waals surface area (Å²) in [5.41, 5.74) is 0.786. The Bertz CT molecular complexity index is 719. The molecule has 1 N–H and O–H groups in total. The third kappa shape index (κ3) is 7.32. The number of amides is 2. The van der Waals surface area contributed by atoms with Gasteiger partial charge < -0.3 is 19.7 Å². The molecular formula is C20H31N3O5S. The highest BCUT2D eigenvalue weighted by molar-refractivity contribution is 7.18. The van der Waals surface area contributed by atoms with Crippen LogP contribution in [-0.2, 0) is 14.3 Å². The SMILES string of the molecule is CCOC(=O)c1sc(NC(=O)CN2CCCN(C(=O)OCC(C)C)CC2)cc1C. The molecule has 0 bridgehead atoms. The molecule has 0 unspecified atom stereocenters. The summed E-state index contributed by atoms with van der Waals surface area (Å²) in [5.74, 6) is -0.207. The van der Waals surface area contributed by atoms with E-state index in [0.29, 0.717) is 48.6 Å². The summed E-state index contributed by atoms with van der Waals surface area (Å²) >= 11 is 1.22. The van der Waals surface area contributed by atoms with Gasteiger partial charge in [-0.05, 0) is 37.8 Å². The Hall–Kier alpha value is -2.13. The number of hydrogen-bond acceptors (Lipinski definition) is 7. The van der Waals surface area contributed by atoms with Gasteiger partial charge in [-0.15, -0.1) is 11.3 Å². The molecule has 1 aromatic rings. The van der Waals surface area contributed by atoms with Crippen molar-refractivity contribution in [2.45, 2.75) is 34.1 Å². The molecule has 29 heavy (non-hydrogen) atoms. The van der Waals surface area contributed by atoms with Gasteiger partial charge in [-0.1, -0.05) is 13.8 Å². The zero-order chi connectivity index (χ0) is 21.4. The highest BCUT2D eigenvalue weighted by Crippen LogP contribution is 2.27. The van der Waals surface area contributed by atoms with E-state index in [1.807, 2.05) is 25.7 Å². The molecule has 1 aliphatic heterocycles. The molecule has 1 fully saturated rings. The first-order chi connectivity index (χ1) is 13.8. The topological polar surface area (TPSA) is 88.2 Å². The van der Waals surface area contributed by atoms with Gasteiger partial charge in [0.1, 0.15) is 4.88 Å². The number of nitrogens with one attached hydrogen (secondary N) is 1. The number of thiophene rings is 1. The third-order valence-electron chi connectivity index (χ3n) is 4.40. The van der Waals surface area contributed by atoms with Gasteiger partial charge >= 0.3 is 12.1 Å². The number of nitrogens with zero attached hydrogens (tertiary/aromatic N) is 2. The Balaban J connectivity index is 1.83. The van der Waals surface area contributed by atoms with Crippen LogP contribution in [0.4, 0.5) is 9.80 Å². The van der Waals surface area contributed by atoms with Crippen molar-refractivity contribution in [2.24, 2.45) is 5.92 Å². The average Bonchev–Trinajstić information content (AvgIpc) is 2.86. The minimum absolute atomic E-state index is 0.141. The number of carbonyl (C=O) groups is 3. The quantitative estimate of drug-likeness (QED) is 0.676. The number of esters is 1. The van der Waals surface area contributed by atoms with Crippen molar-refractivity contribution in [1.82, 2.24) is 9.80 Å². The fourth-order valence-electron chi connectivity index (χ4n) is 2.96. The highest BCUT2D eigenvalue weighted by atomic mass is 32.1. The van der Waals surface area contributed by atoms with Crippen LogP contribution in [0.15, 0.2) is 6.07 Å². The van der Waals surface area contributed by atoms with E-state index in [4.69, 9.17) is 9.47 Å². The van der Waals surface area contributed by atoms with Crippen LogP contribution in [0.3, 0.4) is 0 Å². The zero-order valence-corrected chi connectivity index (χ0v) is 18.5. The van der Waals surface area contributed by atoms with Crippen molar-refractivity contribution in [3.63, 3.8) is 0 Å². The van der Waals surface area contributed by atoms with Crippen LogP contribution in [0.5, 0.6) is 0 Å². The molecule has 162 valence electrons. The maximum absolute atomic E-state index is 12.4. The number of carbonyl (C=O) groups excluding carboxylic acids is 3. The van der Waals surface area contributed by atoms with E-state index >= 15 is 0 Å². The Kier molecular flexibility index (Phi) is 8.91. The van der Waals surface area contributed by atoms with Crippen LogP contribution in [-0.4, -0.2) is 73.7 Å². The summed E-state index contributed by atoms with van der Waals surface area (Å²) in [6.07, 6.45) is 0.500. The van der Waals surface area contributed by atoms with E-state index in [9.17, 15) is 14.4 Å². The lowest BCUT2D eigenvalue weighted by Crippen LogP contribution is -2.38. The van der Waals surface area contributed by atoms with Gasteiger partial charge in [0.05, 0.1) is 24.8 Å². The number of ether oxygens (including phenoxy) is 2. The molecular weight excluding hydrogens is 394 g/mol. The number of anilines is 1. The molecule has 2 amide bonds. The van der Waals surface area contributed by atoms with Crippen molar-refractivity contribution in [2.75, 3.05) is 51.3 Å². The lowest BCUT2D eigenvalue weighted by atomic mass is 10.2. The summed E-state index contributed by atoms with van der Waals surface area (Å²) in [6.45, 7) is 11.1. The van der Waals surface area contributed by atoms with Gasteiger partial charge in [0.15, 0.2) is 0 Å². The van der Waals surface area contributed by atoms with Crippen LogP contribution in [0.2, 0.25) is 0 Å². The first-order valence-corrected chi connectivity index (χ1v) is 10.8. The minimum atomic E-state index is -0.368. The van der Waals surface area contributed by atoms with Gasteiger partial charge in [-0.25, -0.2) is 9.59 Å². The summed E-state index contributed by atoms with van der Waals surface area (Å²) in [4.78, 5) is 40.7. The molecule has 8 nitrogen and oxygen atoms in total. The van der Waals surface area contributed by atoms with Gasteiger partial charge in [0.25, 0.3) is 0 Å². The van der Waals surface area contributed by atoms with Crippen molar-refractivity contribution in [1.29, 1.82) is 0 Å². The van der Waals surface area contributed by atoms with E-state index in [0.717, 1.165) is 18.5 Å². The fourth-order valence-corrected chi connectivity index (χ4v) is 3.95. The predicted molar refractivity (Wildman–Crippen MR) is 112 cm³/mol. The molecule has 9 heteroatoms. The van der Waals surface area contributed by atoms with E-state index in [1.54, 1.807) is 17.9 Å². The maximum atomic E-state index is 12.4. The molecule has 1 aliphatic rings. The Morgan fingerprint density at radius 2 is 1.93 bits per heavy atom. The summed E-state index contributed by atoms with van der Waals surface area (Å²) < 4.78 is 10.3. The first kappa shape index (κ1) is 23.2. The average molecular weight is 426 g/mol. The number of hydrogen-bond donors (Lipinski definition) is 1. The molecule has 0 spiro atoms. The highest BCUT2D eigenvalue weighted by Gasteiger charge is 2.22. The molecule has 0 radical (unpaired) electrons. The fraction of sp³-hybridized carbons (Fsp3) is 0.650. The molecule has 0 aromatic carbocycles. The monoisotopic (exact) mass is 425 g/mol. The van der Waals surface area contributed by atoms with Gasteiger partial charge in [-0.2, -0.15) is 0 Å². The normalized spacial score (nSPS) is 15.1. The second-order valence-corrected chi connectivity index (χ2v) is 8.53. The minimum Gasteiger partial charge on any atom is -0.462 e. The number of aryl methyl sites for hydroxylation is 1. The molecule has 1 saturated heterocycles. The Morgan fingerprint density at radius 3 is 2.62 bits per heavy atom. The molecule has 2 heterocycles. The van der Waals surface area contributed by atoms with E-state index in [-0.39, 0.29) is 24.5 Å². The summed E-state index contributed by atoms with van der Waals surface area (Å²) in [7, 11) is 0. The zero-order valence-electron chi connectivity index (χ0n) is 17.7. The molecule has 1 aromatic heterocycles. The van der Waals surface area contributed by atoms with Crippen molar-refractivity contribution >= 4 is 34.3 Å². The maximum Gasteiger partial charge on any atom is 0.409 e. The second kappa shape index (κ2) is 11.2. The van der Waals surface area contributed by atoms with Crippen LogP contribution in [0.1, 0.15) is 42.4 Å². The Morgan fingerprint density at radius 1 is 1.17 bits per heavy atom. The van der Waals surface area contributed by atoms with Gasteiger partial charge in [0, 0.05) is 26.2 Å². The van der Waals surface area contributed by atoms with Crippen LogP contribution < -0.4 is 5.32 Å². The predicted octanol–water partition coefficient (Wildman–Crippen LogP) is 2.97. The van der Waals surface area contributed by atoms with Crippen LogP contribution in [0, 0.1) is 12.8 Å². The Labute approximate surface area is 176 Å². The standard InChI is InChI=1S/C20H31N3O5S/c1-5-27-19(25)18-15(4)11-17(29-18)21-16(24)12-22-7-6-8-23(10-9-22)20(26)28-13-14(2)3/h11,14H,5-10,12-13H2,1-4H3,(H,21,24).